The van der Waals surface area contributed by atoms with Crippen LogP contribution >= 0.6 is 0 Å². The molecule has 3 aliphatic heterocycles. The summed E-state index contributed by atoms with van der Waals surface area (Å²) in [7, 11) is 0. The van der Waals surface area contributed by atoms with E-state index in [2.05, 4.69) is 27.4 Å². The number of aliphatic imine (C=N–C) groups is 1. The molecule has 0 spiro atoms. The smallest absolute Gasteiger partial charge is 0.127 e. The number of hydrogen-bond donors (Lipinski definition) is 1. The van der Waals surface area contributed by atoms with E-state index in [4.69, 9.17) is 4.99 Å². The van der Waals surface area contributed by atoms with Gasteiger partial charge >= 0.3 is 0 Å². The fourth-order valence-electron chi connectivity index (χ4n) is 3.30. The number of rotatable bonds is 1. The zero-order chi connectivity index (χ0) is 11.2. The van der Waals surface area contributed by atoms with E-state index >= 15 is 0 Å². The van der Waals surface area contributed by atoms with Crippen LogP contribution in [-0.2, 0) is 0 Å². The molecule has 0 aromatic carbocycles. The van der Waals surface area contributed by atoms with E-state index in [-0.39, 0.29) is 0 Å². The molecule has 3 fully saturated rings. The maximum atomic E-state index is 4.74. The molecule has 2 atom stereocenters. The largest absolute Gasteiger partial charge is 0.355 e. The molecule has 0 radical (unpaired) electrons. The van der Waals surface area contributed by atoms with Crippen LogP contribution in [-0.4, -0.2) is 54.0 Å². The first-order valence-corrected chi connectivity index (χ1v) is 6.87. The van der Waals surface area contributed by atoms with Crippen molar-refractivity contribution in [1.82, 2.24) is 15.1 Å². The molecule has 4 nitrogen and oxygen atoms in total. The van der Waals surface area contributed by atoms with E-state index in [9.17, 15) is 0 Å². The number of hydrogen-bond acceptors (Lipinski definition) is 4. The Bertz CT molecular complexity index is 360. The van der Waals surface area contributed by atoms with E-state index in [0.717, 1.165) is 25.2 Å². The lowest BCUT2D eigenvalue weighted by Gasteiger charge is -2.26. The third-order valence-electron chi connectivity index (χ3n) is 4.51. The quantitative estimate of drug-likeness (QED) is 0.719. The molecule has 92 valence electrons. The molecule has 4 heteroatoms. The Labute approximate surface area is 102 Å². The highest BCUT2D eigenvalue weighted by molar-refractivity contribution is 5.93. The van der Waals surface area contributed by atoms with Crippen molar-refractivity contribution in [2.45, 2.75) is 31.3 Å². The topological polar surface area (TPSA) is 30.9 Å². The summed E-state index contributed by atoms with van der Waals surface area (Å²) in [5, 5.41) is 3.59. The van der Waals surface area contributed by atoms with Crippen molar-refractivity contribution in [2.75, 3.05) is 26.3 Å². The average Bonchev–Trinajstić information content (AvgIpc) is 2.98. The van der Waals surface area contributed by atoms with Crippen LogP contribution in [0.25, 0.3) is 0 Å². The fourth-order valence-corrected chi connectivity index (χ4v) is 3.30. The predicted molar refractivity (Wildman–Crippen MR) is 67.8 cm³/mol. The maximum absolute atomic E-state index is 4.74. The molecule has 0 aromatic rings. The highest BCUT2D eigenvalue weighted by atomic mass is 15.3. The third kappa shape index (κ3) is 1.75. The molecule has 17 heavy (non-hydrogen) atoms. The number of likely N-dealkylation sites (tertiary alicyclic amines) is 1. The minimum Gasteiger partial charge on any atom is -0.355 e. The van der Waals surface area contributed by atoms with Crippen LogP contribution in [0.2, 0.25) is 0 Å². The number of fused-ring (bicyclic) bond motifs is 1. The van der Waals surface area contributed by atoms with Crippen LogP contribution in [0.1, 0.15) is 19.3 Å². The Hall–Kier alpha value is -1.03. The van der Waals surface area contributed by atoms with E-state index < -0.39 is 0 Å². The number of nitrogens with one attached hydrogen (secondary N) is 1. The maximum Gasteiger partial charge on any atom is 0.127 e. The van der Waals surface area contributed by atoms with Crippen molar-refractivity contribution in [2.24, 2.45) is 10.9 Å². The first-order valence-electron chi connectivity index (χ1n) is 6.87. The first kappa shape index (κ1) is 9.95. The second-order valence-corrected chi connectivity index (χ2v) is 5.73. The van der Waals surface area contributed by atoms with Gasteiger partial charge in [0.05, 0.1) is 0 Å². The molecule has 3 heterocycles. The molecule has 4 aliphatic rings. The summed E-state index contributed by atoms with van der Waals surface area (Å²) in [6.45, 7) is 4.43. The van der Waals surface area contributed by atoms with E-state index in [1.54, 1.807) is 0 Å². The number of nitrogens with zero attached hydrogens (tertiary/aromatic N) is 3. The third-order valence-corrected chi connectivity index (χ3v) is 4.51. The fraction of sp³-hybridized carbons (Fsp3) is 0.769. The summed E-state index contributed by atoms with van der Waals surface area (Å²) in [4.78, 5) is 9.57. The van der Waals surface area contributed by atoms with Crippen molar-refractivity contribution >= 4 is 5.84 Å². The average molecular weight is 232 g/mol. The minimum atomic E-state index is 0.715. The molecule has 4 rings (SSSR count). The van der Waals surface area contributed by atoms with E-state index in [0.29, 0.717) is 6.04 Å². The zero-order valence-corrected chi connectivity index (χ0v) is 10.2. The van der Waals surface area contributed by atoms with Gasteiger partial charge in [-0.2, -0.15) is 0 Å². The highest BCUT2D eigenvalue weighted by Gasteiger charge is 2.37. The van der Waals surface area contributed by atoms with Crippen LogP contribution < -0.4 is 5.32 Å². The normalized spacial score (nSPS) is 36.4. The Kier molecular flexibility index (Phi) is 2.18. The van der Waals surface area contributed by atoms with Gasteiger partial charge in [0.25, 0.3) is 0 Å². The summed E-state index contributed by atoms with van der Waals surface area (Å²) in [5.41, 5.74) is 0. The molecule has 1 saturated carbocycles. The van der Waals surface area contributed by atoms with Crippen molar-refractivity contribution < 1.29 is 0 Å². The van der Waals surface area contributed by atoms with Crippen LogP contribution in [0.3, 0.4) is 0 Å². The Morgan fingerprint density at radius 3 is 2.88 bits per heavy atom. The van der Waals surface area contributed by atoms with Gasteiger partial charge in [0.1, 0.15) is 12.5 Å². The molecule has 1 aliphatic carbocycles. The van der Waals surface area contributed by atoms with Crippen molar-refractivity contribution in [3.05, 3.63) is 12.3 Å². The lowest BCUT2D eigenvalue weighted by molar-refractivity contribution is 0.366. The molecular weight excluding hydrogens is 212 g/mol. The monoisotopic (exact) mass is 232 g/mol. The van der Waals surface area contributed by atoms with Crippen LogP contribution in [0.4, 0.5) is 0 Å². The Morgan fingerprint density at radius 1 is 1.24 bits per heavy atom. The molecule has 2 saturated heterocycles. The molecule has 0 unspecified atom stereocenters. The Morgan fingerprint density at radius 2 is 2.18 bits per heavy atom. The summed E-state index contributed by atoms with van der Waals surface area (Å²) in [5.74, 6) is 2.06. The Balaban J connectivity index is 1.41. The second kappa shape index (κ2) is 3.73. The number of amidine groups is 1. The van der Waals surface area contributed by atoms with E-state index in [1.807, 2.05) is 0 Å². The summed E-state index contributed by atoms with van der Waals surface area (Å²) in [6.07, 6.45) is 8.51. The van der Waals surface area contributed by atoms with Crippen molar-refractivity contribution in [3.8, 4) is 0 Å². The van der Waals surface area contributed by atoms with Crippen LogP contribution in [0.5, 0.6) is 0 Å². The highest BCUT2D eigenvalue weighted by Crippen LogP contribution is 2.29. The SMILES string of the molecule is C1=CN(C2CC2)CN=C1N1C[C@H]2CCN[C@H]2C1. The second-order valence-electron chi connectivity index (χ2n) is 5.73. The summed E-state index contributed by atoms with van der Waals surface area (Å²) < 4.78 is 0. The lowest BCUT2D eigenvalue weighted by Crippen LogP contribution is -2.36. The predicted octanol–water partition coefficient (Wildman–Crippen LogP) is 0.628. The molecular formula is C13H20N4. The molecule has 1 N–H and O–H groups in total. The van der Waals surface area contributed by atoms with Gasteiger partial charge in [-0.05, 0) is 37.8 Å². The first-order chi connectivity index (χ1) is 8.40. The minimum absolute atomic E-state index is 0.715. The molecule has 0 amide bonds. The van der Waals surface area contributed by atoms with Crippen molar-refractivity contribution in [3.63, 3.8) is 0 Å². The molecule has 0 aromatic heterocycles. The standard InChI is InChI=1S/C13H20N4/c1-2-11(1)16-6-4-13(15-9-16)17-7-10-3-5-14-12(10)8-17/h4,6,10-12,14H,1-3,5,7-9H2/t10-,12+/m1/s1. The van der Waals surface area contributed by atoms with Gasteiger partial charge in [-0.1, -0.05) is 0 Å². The molecule has 0 bridgehead atoms. The van der Waals surface area contributed by atoms with Gasteiger partial charge in [0.2, 0.25) is 0 Å². The van der Waals surface area contributed by atoms with Gasteiger partial charge < -0.3 is 15.1 Å². The van der Waals surface area contributed by atoms with Gasteiger partial charge in [0.15, 0.2) is 0 Å². The zero-order valence-electron chi connectivity index (χ0n) is 10.2. The van der Waals surface area contributed by atoms with Crippen molar-refractivity contribution in [1.29, 1.82) is 0 Å². The summed E-state index contributed by atoms with van der Waals surface area (Å²) in [6, 6.07) is 1.50. The van der Waals surface area contributed by atoms with Gasteiger partial charge in [-0.25, -0.2) is 4.99 Å². The van der Waals surface area contributed by atoms with Gasteiger partial charge in [0, 0.05) is 31.4 Å². The van der Waals surface area contributed by atoms with Crippen LogP contribution in [0, 0.1) is 5.92 Å². The lowest BCUT2D eigenvalue weighted by atomic mass is 10.1. The van der Waals surface area contributed by atoms with E-state index in [1.165, 1.54) is 38.2 Å². The van der Waals surface area contributed by atoms with Gasteiger partial charge in [-0.15, -0.1) is 0 Å². The van der Waals surface area contributed by atoms with Crippen LogP contribution in [0.15, 0.2) is 17.3 Å². The van der Waals surface area contributed by atoms with Gasteiger partial charge in [-0.3, -0.25) is 0 Å². The summed E-state index contributed by atoms with van der Waals surface area (Å²) >= 11 is 0.